The Morgan fingerprint density at radius 2 is 0.697 bits per heavy atom. The lowest BCUT2D eigenvalue weighted by Crippen LogP contribution is -2.45. The number of carbonyl (C=O) groups is 1. The van der Waals surface area contributed by atoms with Crippen LogP contribution in [0.2, 0.25) is 0 Å². The van der Waals surface area contributed by atoms with Crippen molar-refractivity contribution < 1.29 is 20.1 Å². The number of nitrogens with one attached hydrogen (secondary N) is 1. The maximum Gasteiger partial charge on any atom is 0.222 e. The molecular weight excluding hydrogens is 811 g/mol. The lowest BCUT2D eigenvalue weighted by molar-refractivity contribution is -0.124. The Morgan fingerprint density at radius 3 is 1.06 bits per heavy atom. The Morgan fingerprint density at radius 1 is 0.394 bits per heavy atom. The summed E-state index contributed by atoms with van der Waals surface area (Å²) in [5.41, 5.74) is 0. The highest BCUT2D eigenvalue weighted by atomic mass is 16.3. The van der Waals surface area contributed by atoms with E-state index in [4.69, 9.17) is 0 Å². The third-order valence-corrected chi connectivity index (χ3v) is 13.6. The van der Waals surface area contributed by atoms with Crippen LogP contribution in [0.25, 0.3) is 0 Å². The Labute approximate surface area is 412 Å². The molecule has 0 saturated heterocycles. The Bertz CT molecular complexity index is 1070. The summed E-state index contributed by atoms with van der Waals surface area (Å²) in [5, 5.41) is 33.5. The number of allylic oxidation sites excluding steroid dienone is 7. The van der Waals surface area contributed by atoms with Gasteiger partial charge < -0.3 is 20.6 Å². The van der Waals surface area contributed by atoms with Gasteiger partial charge in [-0.05, 0) is 64.2 Å². The molecule has 388 valence electrons. The molecule has 0 rings (SSSR count). The topological polar surface area (TPSA) is 89.8 Å². The Balaban J connectivity index is 3.60. The Hall–Kier alpha value is -1.69. The highest BCUT2D eigenvalue weighted by Gasteiger charge is 2.20. The van der Waals surface area contributed by atoms with Gasteiger partial charge in [-0.15, -0.1) is 0 Å². The smallest absolute Gasteiger partial charge is 0.222 e. The number of amides is 1. The molecule has 0 radical (unpaired) electrons. The number of hydrogen-bond donors (Lipinski definition) is 4. The summed E-state index contributed by atoms with van der Waals surface area (Å²) in [6.07, 6.45) is 74.5. The molecule has 0 aromatic heterocycles. The van der Waals surface area contributed by atoms with Crippen molar-refractivity contribution in [1.82, 2.24) is 5.32 Å². The van der Waals surface area contributed by atoms with Gasteiger partial charge in [0.25, 0.3) is 0 Å². The number of aliphatic hydroxyl groups is 3. The normalized spacial score (nSPS) is 13.6. The van der Waals surface area contributed by atoms with E-state index in [1.54, 1.807) is 6.08 Å². The minimum absolute atomic E-state index is 0.00428. The molecule has 3 unspecified atom stereocenters. The van der Waals surface area contributed by atoms with Gasteiger partial charge in [-0.25, -0.2) is 0 Å². The van der Waals surface area contributed by atoms with Crippen LogP contribution in [0.15, 0.2) is 48.6 Å². The molecule has 0 bridgehead atoms. The fourth-order valence-electron chi connectivity index (χ4n) is 9.10. The van der Waals surface area contributed by atoms with E-state index in [1.165, 1.54) is 244 Å². The quantitative estimate of drug-likeness (QED) is 0.0361. The molecule has 5 nitrogen and oxygen atoms in total. The third kappa shape index (κ3) is 51.7. The van der Waals surface area contributed by atoms with E-state index in [9.17, 15) is 20.1 Å². The van der Waals surface area contributed by atoms with Gasteiger partial charge in [0.15, 0.2) is 0 Å². The van der Waals surface area contributed by atoms with Crippen molar-refractivity contribution in [2.45, 2.75) is 327 Å². The molecule has 0 aliphatic carbocycles. The van der Waals surface area contributed by atoms with Gasteiger partial charge in [0.05, 0.1) is 31.3 Å². The lowest BCUT2D eigenvalue weighted by atomic mass is 10.0. The molecule has 0 aliphatic heterocycles. The summed E-state index contributed by atoms with van der Waals surface area (Å²) in [7, 11) is 0. The molecule has 4 N–H and O–H groups in total. The molecule has 0 heterocycles. The van der Waals surface area contributed by atoms with Gasteiger partial charge in [-0.3, -0.25) is 4.79 Å². The van der Waals surface area contributed by atoms with E-state index in [0.29, 0.717) is 6.42 Å². The monoisotopic (exact) mass is 926 g/mol. The van der Waals surface area contributed by atoms with Crippen LogP contribution < -0.4 is 5.32 Å². The molecule has 0 spiro atoms. The molecule has 3 atom stereocenters. The minimum Gasteiger partial charge on any atom is -0.394 e. The maximum absolute atomic E-state index is 12.5. The number of carbonyl (C=O) groups excluding carboxylic acids is 1. The van der Waals surface area contributed by atoms with Crippen molar-refractivity contribution in [2.75, 3.05) is 6.61 Å². The first-order valence-electron chi connectivity index (χ1n) is 29.4. The molecule has 5 heteroatoms. The van der Waals surface area contributed by atoms with Gasteiger partial charge in [0.1, 0.15) is 0 Å². The van der Waals surface area contributed by atoms with Gasteiger partial charge in [0.2, 0.25) is 5.91 Å². The van der Waals surface area contributed by atoms with Crippen LogP contribution >= 0.6 is 0 Å². The largest absolute Gasteiger partial charge is 0.394 e. The molecule has 0 aromatic carbocycles. The predicted octanol–water partition coefficient (Wildman–Crippen LogP) is 18.4. The van der Waals surface area contributed by atoms with Crippen LogP contribution in [0, 0.1) is 0 Å². The number of hydrogen-bond acceptors (Lipinski definition) is 4. The average molecular weight is 927 g/mol. The molecule has 0 saturated carbocycles. The van der Waals surface area contributed by atoms with Gasteiger partial charge in [-0.2, -0.15) is 0 Å². The first-order chi connectivity index (χ1) is 32.5. The summed E-state index contributed by atoms with van der Waals surface area (Å²) in [6, 6.07) is -0.764. The SMILES string of the molecule is CCCCCCCCCCC/C=C\C/C=C\CCCCCCCCCCCCCC(O)CC(=O)NC(CO)C(O)/C=C/CC/C=C/CCCCCCCCCCCCCCCCCCCC. The molecule has 0 aromatic rings. The lowest BCUT2D eigenvalue weighted by Gasteiger charge is -2.21. The second kappa shape index (κ2) is 55.9. The minimum atomic E-state index is -0.955. The highest BCUT2D eigenvalue weighted by Crippen LogP contribution is 2.17. The van der Waals surface area contributed by atoms with E-state index in [2.05, 4.69) is 55.6 Å². The second-order valence-corrected chi connectivity index (χ2v) is 20.2. The van der Waals surface area contributed by atoms with E-state index < -0.39 is 18.2 Å². The number of aliphatic hydroxyl groups excluding tert-OH is 3. The summed E-state index contributed by atoms with van der Waals surface area (Å²) in [6.45, 7) is 4.23. The number of unbranched alkanes of at least 4 members (excludes halogenated alkanes) is 39. The molecule has 0 aliphatic rings. The van der Waals surface area contributed by atoms with Crippen molar-refractivity contribution in [2.24, 2.45) is 0 Å². The second-order valence-electron chi connectivity index (χ2n) is 20.2. The molecule has 0 fully saturated rings. The predicted molar refractivity (Wildman–Crippen MR) is 291 cm³/mol. The summed E-state index contributed by atoms with van der Waals surface area (Å²) in [5.74, 6) is -0.324. The third-order valence-electron chi connectivity index (χ3n) is 13.6. The fraction of sp³-hybridized carbons (Fsp3) is 0.852. The van der Waals surface area contributed by atoms with Crippen molar-refractivity contribution >= 4 is 5.91 Å². The first kappa shape index (κ1) is 64.3. The van der Waals surface area contributed by atoms with E-state index in [1.807, 2.05) is 6.08 Å². The van der Waals surface area contributed by atoms with Crippen molar-refractivity contribution in [3.05, 3.63) is 48.6 Å². The van der Waals surface area contributed by atoms with Crippen LogP contribution in [-0.2, 0) is 4.79 Å². The molecule has 1 amide bonds. The summed E-state index contributed by atoms with van der Waals surface area (Å²) < 4.78 is 0. The summed E-state index contributed by atoms with van der Waals surface area (Å²) >= 11 is 0. The van der Waals surface area contributed by atoms with Crippen molar-refractivity contribution in [1.29, 1.82) is 0 Å². The zero-order valence-corrected chi connectivity index (χ0v) is 44.3. The van der Waals surface area contributed by atoms with Gasteiger partial charge in [-0.1, -0.05) is 287 Å². The maximum atomic E-state index is 12.5. The molecular formula is C61H115NO4. The highest BCUT2D eigenvalue weighted by molar-refractivity contribution is 5.76. The van der Waals surface area contributed by atoms with Gasteiger partial charge in [0, 0.05) is 0 Å². The Kier molecular flexibility index (Phi) is 54.5. The number of rotatable bonds is 54. The van der Waals surface area contributed by atoms with Crippen LogP contribution in [-0.4, -0.2) is 46.1 Å². The van der Waals surface area contributed by atoms with Crippen LogP contribution in [0.5, 0.6) is 0 Å². The van der Waals surface area contributed by atoms with E-state index in [0.717, 1.165) is 38.5 Å². The van der Waals surface area contributed by atoms with Gasteiger partial charge >= 0.3 is 0 Å². The molecule has 66 heavy (non-hydrogen) atoms. The van der Waals surface area contributed by atoms with Crippen LogP contribution in [0.1, 0.15) is 309 Å². The fourth-order valence-corrected chi connectivity index (χ4v) is 9.10. The first-order valence-corrected chi connectivity index (χ1v) is 29.4. The summed E-state index contributed by atoms with van der Waals surface area (Å²) in [4.78, 5) is 12.5. The standard InChI is InChI=1S/C61H115NO4/c1-3-5-7-9-11-13-15-17-19-21-23-25-27-29-30-31-32-34-36-38-40-42-44-46-48-50-52-54-58(64)56-61(66)62-59(57-63)60(65)55-53-51-49-47-45-43-41-39-37-35-33-28-26-24-22-20-18-16-14-12-10-8-6-4-2/h23,25,29-30,45,47,53,55,58-60,63-65H,3-22,24,26-28,31-44,46,48-52,54,56-57H2,1-2H3,(H,62,66)/b25-23-,30-29-,47-45+,55-53+. The van der Waals surface area contributed by atoms with E-state index >= 15 is 0 Å². The van der Waals surface area contributed by atoms with E-state index in [-0.39, 0.29) is 18.9 Å². The van der Waals surface area contributed by atoms with Crippen molar-refractivity contribution in [3.8, 4) is 0 Å². The van der Waals surface area contributed by atoms with Crippen LogP contribution in [0.3, 0.4) is 0 Å². The zero-order valence-electron chi connectivity index (χ0n) is 44.3. The zero-order chi connectivity index (χ0) is 47.9. The van der Waals surface area contributed by atoms with Crippen molar-refractivity contribution in [3.63, 3.8) is 0 Å². The average Bonchev–Trinajstić information content (AvgIpc) is 3.31. The van der Waals surface area contributed by atoms with Crippen LogP contribution in [0.4, 0.5) is 0 Å².